The van der Waals surface area contributed by atoms with E-state index in [-0.39, 0.29) is 23.2 Å². The van der Waals surface area contributed by atoms with Crippen LogP contribution in [0, 0.1) is 5.41 Å². The van der Waals surface area contributed by atoms with Gasteiger partial charge in [-0.05, 0) is 47.2 Å². The largest absolute Gasteiger partial charge is 0.392 e. The van der Waals surface area contributed by atoms with Crippen molar-refractivity contribution in [2.75, 3.05) is 6.54 Å². The zero-order chi connectivity index (χ0) is 17.2. The highest BCUT2D eigenvalue weighted by Gasteiger charge is 2.40. The van der Waals surface area contributed by atoms with Crippen molar-refractivity contribution in [3.8, 4) is 0 Å². The maximum absolute atomic E-state index is 12.6. The number of aliphatic hydroxyl groups excluding tert-OH is 1. The molecular formula is C19H23NO3S. The highest BCUT2D eigenvalue weighted by Crippen LogP contribution is 2.40. The van der Waals surface area contributed by atoms with E-state index in [9.17, 15) is 9.59 Å². The Balaban J connectivity index is 1.74. The average molecular weight is 345 g/mol. The van der Waals surface area contributed by atoms with Crippen LogP contribution >= 0.6 is 11.8 Å². The van der Waals surface area contributed by atoms with Crippen LogP contribution in [0.25, 0.3) is 6.08 Å². The molecular weight excluding hydrogens is 322 g/mol. The third-order valence-corrected chi connectivity index (χ3v) is 5.84. The van der Waals surface area contributed by atoms with Crippen LogP contribution in [0.15, 0.2) is 29.2 Å². The van der Waals surface area contributed by atoms with Crippen molar-refractivity contribution < 1.29 is 14.7 Å². The lowest BCUT2D eigenvalue weighted by Gasteiger charge is -2.35. The van der Waals surface area contributed by atoms with Crippen LogP contribution in [0.3, 0.4) is 0 Å². The molecule has 5 heteroatoms. The predicted octanol–water partition coefficient (Wildman–Crippen LogP) is 4.19. The number of imide groups is 1. The fraction of sp³-hybridized carbons (Fsp3) is 0.474. The molecule has 0 atom stereocenters. The van der Waals surface area contributed by atoms with Gasteiger partial charge in [0.25, 0.3) is 11.1 Å². The third-order valence-electron chi connectivity index (χ3n) is 4.93. The average Bonchev–Trinajstić information content (AvgIpc) is 2.83. The summed E-state index contributed by atoms with van der Waals surface area (Å²) in [6, 6.07) is 7.34. The molecule has 2 aliphatic rings. The number of rotatable bonds is 4. The molecule has 3 rings (SSSR count). The molecule has 0 bridgehead atoms. The number of carbonyl (C=O) groups excluding carboxylic acids is 2. The van der Waals surface area contributed by atoms with E-state index in [4.69, 9.17) is 5.11 Å². The van der Waals surface area contributed by atoms with Crippen LogP contribution in [-0.2, 0) is 11.4 Å². The summed E-state index contributed by atoms with van der Waals surface area (Å²) in [5.41, 5.74) is 1.74. The van der Waals surface area contributed by atoms with Crippen LogP contribution < -0.4 is 0 Å². The normalized spacial score (nSPS) is 22.4. The Labute approximate surface area is 146 Å². The summed E-state index contributed by atoms with van der Waals surface area (Å²) in [7, 11) is 0. The summed E-state index contributed by atoms with van der Waals surface area (Å²) in [4.78, 5) is 26.8. The standard InChI is InChI=1S/C19H23NO3S/c1-19(9-3-2-4-10-19)13-20-17(22)16(24-18(20)23)11-14-5-7-15(12-21)8-6-14/h5-8,11,21H,2-4,9-10,12-13H2,1H3. The van der Waals surface area contributed by atoms with Crippen molar-refractivity contribution in [1.82, 2.24) is 4.90 Å². The highest BCUT2D eigenvalue weighted by atomic mass is 32.2. The number of amides is 2. The molecule has 2 amide bonds. The summed E-state index contributed by atoms with van der Waals surface area (Å²) in [6.45, 7) is 2.71. The van der Waals surface area contributed by atoms with Gasteiger partial charge in [-0.25, -0.2) is 0 Å². The minimum Gasteiger partial charge on any atom is -0.392 e. The maximum atomic E-state index is 12.6. The van der Waals surface area contributed by atoms with Crippen molar-refractivity contribution in [3.63, 3.8) is 0 Å². The van der Waals surface area contributed by atoms with Gasteiger partial charge in [0.05, 0.1) is 11.5 Å². The van der Waals surface area contributed by atoms with Gasteiger partial charge in [0.1, 0.15) is 0 Å². The van der Waals surface area contributed by atoms with Gasteiger partial charge in [0.15, 0.2) is 0 Å². The van der Waals surface area contributed by atoms with Crippen molar-refractivity contribution in [3.05, 3.63) is 40.3 Å². The SMILES string of the molecule is CC1(CN2C(=O)SC(=Cc3ccc(CO)cc3)C2=O)CCCCC1. The summed E-state index contributed by atoms with van der Waals surface area (Å²) in [5.74, 6) is -0.178. The zero-order valence-electron chi connectivity index (χ0n) is 14.0. The quantitative estimate of drug-likeness (QED) is 0.832. The third kappa shape index (κ3) is 3.73. The molecule has 128 valence electrons. The minimum absolute atomic E-state index is 0.00458. The summed E-state index contributed by atoms with van der Waals surface area (Å²) in [5, 5.41) is 8.92. The Morgan fingerprint density at radius 2 is 1.83 bits per heavy atom. The van der Waals surface area contributed by atoms with Gasteiger partial charge >= 0.3 is 0 Å². The molecule has 2 fully saturated rings. The van der Waals surface area contributed by atoms with Gasteiger partial charge in [-0.3, -0.25) is 14.5 Å². The molecule has 1 aromatic rings. The van der Waals surface area contributed by atoms with Crippen LogP contribution in [0.4, 0.5) is 4.79 Å². The van der Waals surface area contributed by atoms with E-state index in [1.54, 1.807) is 6.08 Å². The number of hydrogen-bond donors (Lipinski definition) is 1. The lowest BCUT2D eigenvalue weighted by Crippen LogP contribution is -2.39. The van der Waals surface area contributed by atoms with E-state index in [0.717, 1.165) is 35.7 Å². The first-order chi connectivity index (χ1) is 11.5. The Bertz CT molecular complexity index is 660. The molecule has 0 spiro atoms. The molecule has 1 aliphatic carbocycles. The van der Waals surface area contributed by atoms with Crippen molar-refractivity contribution in [2.24, 2.45) is 5.41 Å². The second-order valence-corrected chi connectivity index (χ2v) is 8.03. The van der Waals surface area contributed by atoms with Gasteiger partial charge in [0.2, 0.25) is 0 Å². The van der Waals surface area contributed by atoms with E-state index >= 15 is 0 Å². The van der Waals surface area contributed by atoms with Crippen LogP contribution in [0.2, 0.25) is 0 Å². The molecule has 0 radical (unpaired) electrons. The van der Waals surface area contributed by atoms with Crippen LogP contribution in [0.5, 0.6) is 0 Å². The second-order valence-electron chi connectivity index (χ2n) is 7.04. The fourth-order valence-electron chi connectivity index (χ4n) is 3.45. The van der Waals surface area contributed by atoms with E-state index in [0.29, 0.717) is 11.4 Å². The van der Waals surface area contributed by atoms with E-state index in [1.807, 2.05) is 24.3 Å². The van der Waals surface area contributed by atoms with Crippen molar-refractivity contribution in [1.29, 1.82) is 0 Å². The van der Waals surface area contributed by atoms with Gasteiger partial charge in [-0.2, -0.15) is 0 Å². The monoisotopic (exact) mass is 345 g/mol. The zero-order valence-corrected chi connectivity index (χ0v) is 14.8. The minimum atomic E-state index is -0.178. The number of aliphatic hydroxyl groups is 1. The molecule has 1 heterocycles. The molecule has 0 aromatic heterocycles. The Morgan fingerprint density at radius 1 is 1.17 bits per heavy atom. The summed E-state index contributed by atoms with van der Waals surface area (Å²) in [6.07, 6.45) is 7.53. The lowest BCUT2D eigenvalue weighted by molar-refractivity contribution is -0.124. The second kappa shape index (κ2) is 7.11. The maximum Gasteiger partial charge on any atom is 0.293 e. The summed E-state index contributed by atoms with van der Waals surface area (Å²) >= 11 is 1.02. The van der Waals surface area contributed by atoms with Gasteiger partial charge in [-0.1, -0.05) is 50.5 Å². The first-order valence-electron chi connectivity index (χ1n) is 8.46. The van der Waals surface area contributed by atoms with Crippen molar-refractivity contribution >= 4 is 29.0 Å². The fourth-order valence-corrected chi connectivity index (χ4v) is 4.29. The van der Waals surface area contributed by atoms with Gasteiger partial charge in [0, 0.05) is 6.54 Å². The molecule has 1 N–H and O–H groups in total. The lowest BCUT2D eigenvalue weighted by atomic mass is 9.75. The van der Waals surface area contributed by atoms with E-state index in [1.165, 1.54) is 24.2 Å². The number of carbonyl (C=O) groups is 2. The molecule has 1 aliphatic heterocycles. The molecule has 1 aromatic carbocycles. The molecule has 24 heavy (non-hydrogen) atoms. The van der Waals surface area contributed by atoms with Crippen molar-refractivity contribution in [2.45, 2.75) is 45.6 Å². The molecule has 1 saturated carbocycles. The highest BCUT2D eigenvalue weighted by molar-refractivity contribution is 8.18. The van der Waals surface area contributed by atoms with Crippen LogP contribution in [0.1, 0.15) is 50.2 Å². The van der Waals surface area contributed by atoms with Crippen LogP contribution in [-0.4, -0.2) is 27.7 Å². The predicted molar refractivity (Wildman–Crippen MR) is 96.2 cm³/mol. The first-order valence-corrected chi connectivity index (χ1v) is 9.28. The molecule has 1 saturated heterocycles. The smallest absolute Gasteiger partial charge is 0.293 e. The number of hydrogen-bond acceptors (Lipinski definition) is 4. The Hall–Kier alpha value is -1.59. The van der Waals surface area contributed by atoms with Gasteiger partial charge in [-0.15, -0.1) is 0 Å². The van der Waals surface area contributed by atoms with Gasteiger partial charge < -0.3 is 5.11 Å². The summed E-state index contributed by atoms with van der Waals surface area (Å²) < 4.78 is 0. The Morgan fingerprint density at radius 3 is 2.46 bits per heavy atom. The first kappa shape index (κ1) is 17.2. The van der Waals surface area contributed by atoms with E-state index < -0.39 is 0 Å². The topological polar surface area (TPSA) is 57.6 Å². The number of benzene rings is 1. The molecule has 0 unspecified atom stereocenters. The Kier molecular flexibility index (Phi) is 5.11. The number of nitrogens with zero attached hydrogens (tertiary/aromatic N) is 1. The molecule has 4 nitrogen and oxygen atoms in total. The van der Waals surface area contributed by atoms with E-state index in [2.05, 4.69) is 6.92 Å². The number of thioether (sulfide) groups is 1.